The molecule has 3 rings (SSSR count). The molecule has 6 heteroatoms. The Morgan fingerprint density at radius 1 is 1.05 bits per heavy atom. The van der Waals surface area contributed by atoms with Crippen LogP contribution in [0.5, 0.6) is 0 Å². The zero-order chi connectivity index (χ0) is 15.1. The highest BCUT2D eigenvalue weighted by atomic mass is 35.5. The summed E-state index contributed by atoms with van der Waals surface area (Å²) in [6.45, 7) is 3.93. The topological polar surface area (TPSA) is 43.6 Å². The molecule has 1 aliphatic rings. The molecule has 2 aromatic heterocycles. The van der Waals surface area contributed by atoms with Crippen molar-refractivity contribution in [1.29, 1.82) is 0 Å². The van der Waals surface area contributed by atoms with Crippen molar-refractivity contribution in [1.82, 2.24) is 19.7 Å². The molecule has 0 spiro atoms. The summed E-state index contributed by atoms with van der Waals surface area (Å²) in [5.74, 6) is 0.963. The minimum absolute atomic E-state index is 0.398. The lowest BCUT2D eigenvalue weighted by Crippen LogP contribution is -2.02. The molecule has 0 atom stereocenters. The van der Waals surface area contributed by atoms with Crippen molar-refractivity contribution in [3.63, 3.8) is 0 Å². The molecule has 21 heavy (non-hydrogen) atoms. The maximum atomic E-state index is 6.41. The Morgan fingerprint density at radius 3 is 2.10 bits per heavy atom. The van der Waals surface area contributed by atoms with Gasteiger partial charge in [0.25, 0.3) is 0 Å². The van der Waals surface area contributed by atoms with Crippen LogP contribution in [0.25, 0.3) is 11.4 Å². The molecule has 0 amide bonds. The molecular formula is C15H18Cl2N4. The van der Waals surface area contributed by atoms with Crippen LogP contribution in [0.15, 0.2) is 0 Å². The number of hydrogen-bond acceptors (Lipinski definition) is 3. The average molecular weight is 325 g/mol. The van der Waals surface area contributed by atoms with Gasteiger partial charge in [-0.25, -0.2) is 9.97 Å². The van der Waals surface area contributed by atoms with Crippen LogP contribution < -0.4 is 0 Å². The Bertz CT molecular complexity index is 664. The third-order valence-electron chi connectivity index (χ3n) is 4.35. The fraction of sp³-hybridized carbons (Fsp3) is 0.533. The summed E-state index contributed by atoms with van der Waals surface area (Å²) >= 11 is 12.8. The van der Waals surface area contributed by atoms with Crippen LogP contribution in [0.2, 0.25) is 10.3 Å². The van der Waals surface area contributed by atoms with E-state index in [0.717, 1.165) is 35.4 Å². The van der Waals surface area contributed by atoms with Crippen molar-refractivity contribution in [2.24, 2.45) is 7.05 Å². The fourth-order valence-electron chi connectivity index (χ4n) is 3.18. The first-order chi connectivity index (χ1) is 9.99. The van der Waals surface area contributed by atoms with Gasteiger partial charge in [0.05, 0.1) is 11.3 Å². The van der Waals surface area contributed by atoms with Gasteiger partial charge in [-0.2, -0.15) is 5.10 Å². The average Bonchev–Trinajstić information content (AvgIpc) is 2.99. The zero-order valence-corrected chi connectivity index (χ0v) is 14.0. The van der Waals surface area contributed by atoms with Crippen LogP contribution in [-0.2, 0) is 7.05 Å². The highest BCUT2D eigenvalue weighted by molar-refractivity contribution is 6.34. The predicted octanol–water partition coefficient (Wildman–Crippen LogP) is 4.46. The van der Waals surface area contributed by atoms with Gasteiger partial charge in [-0.05, 0) is 32.6 Å². The normalized spacial score (nSPS) is 15.9. The Kier molecular flexibility index (Phi) is 3.93. The Labute approximate surface area is 134 Å². The molecule has 1 aliphatic carbocycles. The van der Waals surface area contributed by atoms with Crippen molar-refractivity contribution in [3.8, 4) is 11.4 Å². The molecular weight excluding hydrogens is 307 g/mol. The van der Waals surface area contributed by atoms with Gasteiger partial charge in [-0.3, -0.25) is 4.68 Å². The Hall–Kier alpha value is -1.13. The van der Waals surface area contributed by atoms with Gasteiger partial charge in [-0.1, -0.05) is 36.0 Å². The largest absolute Gasteiger partial charge is 0.272 e. The number of rotatable bonds is 2. The lowest BCUT2D eigenvalue weighted by molar-refractivity contribution is 0.715. The summed E-state index contributed by atoms with van der Waals surface area (Å²) in [6, 6.07) is 0. The van der Waals surface area contributed by atoms with Crippen LogP contribution in [-0.4, -0.2) is 19.7 Å². The van der Waals surface area contributed by atoms with E-state index in [4.69, 9.17) is 23.2 Å². The summed E-state index contributed by atoms with van der Waals surface area (Å²) in [4.78, 5) is 9.00. The van der Waals surface area contributed by atoms with E-state index in [-0.39, 0.29) is 0 Å². The van der Waals surface area contributed by atoms with E-state index in [1.54, 1.807) is 0 Å². The van der Waals surface area contributed by atoms with Gasteiger partial charge in [0.15, 0.2) is 5.82 Å². The summed E-state index contributed by atoms with van der Waals surface area (Å²) < 4.78 is 1.82. The van der Waals surface area contributed by atoms with Crippen LogP contribution in [0.3, 0.4) is 0 Å². The van der Waals surface area contributed by atoms with Crippen molar-refractivity contribution in [2.75, 3.05) is 0 Å². The van der Waals surface area contributed by atoms with Gasteiger partial charge in [0.2, 0.25) is 0 Å². The standard InChI is InChI=1S/C15H18Cl2N4/c1-8-11(9(2)21(3)20-8)15-18-13(16)12(14(17)19-15)10-6-4-5-7-10/h10H,4-7H2,1-3H3. The molecule has 0 saturated heterocycles. The Morgan fingerprint density at radius 2 is 1.62 bits per heavy atom. The van der Waals surface area contributed by atoms with Gasteiger partial charge >= 0.3 is 0 Å². The maximum Gasteiger partial charge on any atom is 0.166 e. The zero-order valence-electron chi connectivity index (χ0n) is 12.5. The molecule has 0 aliphatic heterocycles. The van der Waals surface area contributed by atoms with Crippen molar-refractivity contribution in [2.45, 2.75) is 45.4 Å². The van der Waals surface area contributed by atoms with E-state index in [9.17, 15) is 0 Å². The molecule has 1 fully saturated rings. The molecule has 0 radical (unpaired) electrons. The second-order valence-corrected chi connectivity index (χ2v) is 6.41. The van der Waals surface area contributed by atoms with Gasteiger partial charge in [0.1, 0.15) is 10.3 Å². The maximum absolute atomic E-state index is 6.41. The predicted molar refractivity (Wildman–Crippen MR) is 84.9 cm³/mol. The molecule has 2 heterocycles. The lowest BCUT2D eigenvalue weighted by Gasteiger charge is -2.13. The van der Waals surface area contributed by atoms with Crippen LogP contribution in [0.1, 0.15) is 48.6 Å². The smallest absolute Gasteiger partial charge is 0.166 e. The first-order valence-electron chi connectivity index (χ1n) is 7.22. The minimum Gasteiger partial charge on any atom is -0.272 e. The summed E-state index contributed by atoms with van der Waals surface area (Å²) in [5, 5.41) is 5.37. The third-order valence-corrected chi connectivity index (χ3v) is 4.92. The lowest BCUT2D eigenvalue weighted by atomic mass is 10.0. The Balaban J connectivity index is 2.10. The molecule has 0 bridgehead atoms. The molecule has 0 N–H and O–H groups in total. The van der Waals surface area contributed by atoms with E-state index < -0.39 is 0 Å². The van der Waals surface area contributed by atoms with Crippen molar-refractivity contribution < 1.29 is 0 Å². The van der Waals surface area contributed by atoms with E-state index in [1.807, 2.05) is 25.6 Å². The second-order valence-electron chi connectivity index (χ2n) is 5.69. The molecule has 2 aromatic rings. The number of aryl methyl sites for hydroxylation is 2. The third kappa shape index (κ3) is 2.55. The van der Waals surface area contributed by atoms with Gasteiger partial charge < -0.3 is 0 Å². The first kappa shape index (κ1) is 14.8. The van der Waals surface area contributed by atoms with Crippen LogP contribution in [0, 0.1) is 13.8 Å². The quantitative estimate of drug-likeness (QED) is 0.766. The summed E-state index contributed by atoms with van der Waals surface area (Å²) in [7, 11) is 1.90. The SMILES string of the molecule is Cc1nn(C)c(C)c1-c1nc(Cl)c(C2CCCC2)c(Cl)n1. The van der Waals surface area contributed by atoms with E-state index in [0.29, 0.717) is 22.0 Å². The molecule has 0 aromatic carbocycles. The number of hydrogen-bond donors (Lipinski definition) is 0. The minimum atomic E-state index is 0.398. The van der Waals surface area contributed by atoms with Crippen LogP contribution in [0.4, 0.5) is 0 Å². The van der Waals surface area contributed by atoms with Crippen molar-refractivity contribution in [3.05, 3.63) is 27.3 Å². The number of halogens is 2. The first-order valence-corrected chi connectivity index (χ1v) is 7.98. The molecule has 4 nitrogen and oxygen atoms in total. The van der Waals surface area contributed by atoms with E-state index >= 15 is 0 Å². The summed E-state index contributed by atoms with van der Waals surface area (Å²) in [5.41, 5.74) is 3.72. The van der Waals surface area contributed by atoms with E-state index in [1.165, 1.54) is 12.8 Å². The van der Waals surface area contributed by atoms with Gasteiger partial charge in [-0.15, -0.1) is 0 Å². The molecule has 0 unspecified atom stereocenters. The van der Waals surface area contributed by atoms with Gasteiger partial charge in [0, 0.05) is 18.3 Å². The van der Waals surface area contributed by atoms with E-state index in [2.05, 4.69) is 15.1 Å². The van der Waals surface area contributed by atoms with Crippen molar-refractivity contribution >= 4 is 23.2 Å². The number of aromatic nitrogens is 4. The second kappa shape index (κ2) is 5.58. The summed E-state index contributed by atoms with van der Waals surface area (Å²) in [6.07, 6.45) is 4.68. The molecule has 112 valence electrons. The monoisotopic (exact) mass is 324 g/mol. The number of nitrogens with zero attached hydrogens (tertiary/aromatic N) is 4. The highest BCUT2D eigenvalue weighted by Gasteiger charge is 2.25. The highest BCUT2D eigenvalue weighted by Crippen LogP contribution is 2.41. The van der Waals surface area contributed by atoms with Crippen LogP contribution >= 0.6 is 23.2 Å². The fourth-order valence-corrected chi connectivity index (χ4v) is 3.87. The molecule has 1 saturated carbocycles.